The minimum absolute atomic E-state index is 0.0491. The number of nitrogens with one attached hydrogen (secondary N) is 2. The number of rotatable bonds is 7. The van der Waals surface area contributed by atoms with E-state index in [0.717, 1.165) is 37.7 Å². The van der Waals surface area contributed by atoms with Gasteiger partial charge in [0.15, 0.2) is 9.84 Å². The van der Waals surface area contributed by atoms with Gasteiger partial charge >= 0.3 is 0 Å². The maximum atomic E-state index is 12.6. The highest BCUT2D eigenvalue weighted by atomic mass is 32.2. The summed E-state index contributed by atoms with van der Waals surface area (Å²) in [7, 11) is -1.32. The third-order valence-electron chi connectivity index (χ3n) is 4.58. The molecule has 0 bridgehead atoms. The van der Waals surface area contributed by atoms with Crippen LogP contribution in [0.15, 0.2) is 24.3 Å². The second-order valence-corrected chi connectivity index (χ2v) is 9.00. The molecule has 24 heavy (non-hydrogen) atoms. The standard InChI is InChI=1S/C18H28N2O3S/c1-14(12-19-2)18(21)20-16-8-6-7-15(11-16)13-24(22,23)17-9-4-3-5-10-17/h6-8,11,14,17,19H,3-5,9-10,12-13H2,1-2H3,(H,20,21). The summed E-state index contributed by atoms with van der Waals surface area (Å²) in [5, 5.41) is 5.62. The topological polar surface area (TPSA) is 75.3 Å². The summed E-state index contributed by atoms with van der Waals surface area (Å²) in [6.45, 7) is 2.45. The number of hydrogen-bond donors (Lipinski definition) is 2. The van der Waals surface area contributed by atoms with Crippen molar-refractivity contribution < 1.29 is 13.2 Å². The second kappa shape index (κ2) is 8.62. The number of anilines is 1. The summed E-state index contributed by atoms with van der Waals surface area (Å²) in [5.74, 6) is -0.172. The Bertz CT molecular complexity index is 652. The smallest absolute Gasteiger partial charge is 0.228 e. The van der Waals surface area contributed by atoms with Crippen LogP contribution in [-0.2, 0) is 20.4 Å². The summed E-state index contributed by atoms with van der Waals surface area (Å²) in [6, 6.07) is 7.17. The molecule has 0 aromatic heterocycles. The summed E-state index contributed by atoms with van der Waals surface area (Å²) in [4.78, 5) is 12.1. The first-order valence-electron chi connectivity index (χ1n) is 8.68. The van der Waals surface area contributed by atoms with Crippen molar-refractivity contribution in [2.45, 2.75) is 50.0 Å². The monoisotopic (exact) mass is 352 g/mol. The molecule has 1 fully saturated rings. The van der Waals surface area contributed by atoms with Crippen LogP contribution in [0.25, 0.3) is 0 Å². The molecule has 1 saturated carbocycles. The Labute approximate surface area is 145 Å². The van der Waals surface area contributed by atoms with Gasteiger partial charge in [0.1, 0.15) is 0 Å². The van der Waals surface area contributed by atoms with Gasteiger partial charge in [-0.2, -0.15) is 0 Å². The van der Waals surface area contributed by atoms with Crippen molar-refractivity contribution in [3.8, 4) is 0 Å². The van der Waals surface area contributed by atoms with Crippen molar-refractivity contribution in [3.63, 3.8) is 0 Å². The van der Waals surface area contributed by atoms with Crippen LogP contribution in [0.1, 0.15) is 44.6 Å². The fraction of sp³-hybridized carbons (Fsp3) is 0.611. The molecular formula is C18H28N2O3S. The number of carbonyl (C=O) groups is 1. The zero-order valence-corrected chi connectivity index (χ0v) is 15.4. The Morgan fingerprint density at radius 3 is 2.62 bits per heavy atom. The van der Waals surface area contributed by atoms with Crippen LogP contribution in [0.3, 0.4) is 0 Å². The molecule has 1 unspecified atom stereocenters. The van der Waals surface area contributed by atoms with E-state index in [1.165, 1.54) is 0 Å². The largest absolute Gasteiger partial charge is 0.326 e. The normalized spacial score (nSPS) is 17.4. The van der Waals surface area contributed by atoms with E-state index in [9.17, 15) is 13.2 Å². The van der Waals surface area contributed by atoms with E-state index >= 15 is 0 Å². The summed E-state index contributed by atoms with van der Waals surface area (Å²) < 4.78 is 25.2. The third-order valence-corrected chi connectivity index (χ3v) is 6.80. The highest BCUT2D eigenvalue weighted by Gasteiger charge is 2.27. The van der Waals surface area contributed by atoms with Crippen LogP contribution in [0.2, 0.25) is 0 Å². The van der Waals surface area contributed by atoms with E-state index in [2.05, 4.69) is 10.6 Å². The fourth-order valence-electron chi connectivity index (χ4n) is 3.18. The minimum atomic E-state index is -3.13. The molecule has 1 aromatic rings. The summed E-state index contributed by atoms with van der Waals surface area (Å²) in [5.41, 5.74) is 1.39. The Kier molecular flexibility index (Phi) is 6.80. The lowest BCUT2D eigenvalue weighted by Gasteiger charge is -2.21. The van der Waals surface area contributed by atoms with Gasteiger partial charge in [-0.3, -0.25) is 4.79 Å². The highest BCUT2D eigenvalue weighted by Crippen LogP contribution is 2.26. The Balaban J connectivity index is 2.03. The number of benzene rings is 1. The zero-order chi connectivity index (χ0) is 17.6. The predicted molar refractivity (Wildman–Crippen MR) is 97.7 cm³/mol. The van der Waals surface area contributed by atoms with Gasteiger partial charge in [-0.15, -0.1) is 0 Å². The molecule has 1 aliphatic rings. The average Bonchev–Trinajstić information content (AvgIpc) is 2.56. The van der Waals surface area contributed by atoms with Crippen LogP contribution in [-0.4, -0.2) is 33.2 Å². The van der Waals surface area contributed by atoms with Crippen molar-refractivity contribution in [2.75, 3.05) is 18.9 Å². The number of amides is 1. The first-order valence-corrected chi connectivity index (χ1v) is 10.4. The fourth-order valence-corrected chi connectivity index (χ4v) is 5.11. The van der Waals surface area contributed by atoms with E-state index in [1.807, 2.05) is 13.0 Å². The van der Waals surface area contributed by atoms with E-state index in [1.54, 1.807) is 25.2 Å². The van der Waals surface area contributed by atoms with Crippen LogP contribution in [0, 0.1) is 5.92 Å². The Morgan fingerprint density at radius 1 is 1.25 bits per heavy atom. The third kappa shape index (κ3) is 5.31. The summed E-state index contributed by atoms with van der Waals surface area (Å²) in [6.07, 6.45) is 4.70. The minimum Gasteiger partial charge on any atom is -0.326 e. The second-order valence-electron chi connectivity index (χ2n) is 6.72. The molecule has 6 heteroatoms. The lowest BCUT2D eigenvalue weighted by molar-refractivity contribution is -0.119. The van der Waals surface area contributed by atoms with Crippen LogP contribution >= 0.6 is 0 Å². The molecule has 1 aliphatic carbocycles. The maximum Gasteiger partial charge on any atom is 0.228 e. The van der Waals surface area contributed by atoms with Gasteiger partial charge in [0, 0.05) is 18.2 Å². The molecule has 0 heterocycles. The molecule has 2 rings (SSSR count). The SMILES string of the molecule is CNCC(C)C(=O)Nc1cccc(CS(=O)(=O)C2CCCCC2)c1. The lowest BCUT2D eigenvalue weighted by atomic mass is 10.0. The molecule has 134 valence electrons. The van der Waals surface area contributed by atoms with Crippen LogP contribution in [0.4, 0.5) is 5.69 Å². The van der Waals surface area contributed by atoms with Crippen molar-refractivity contribution >= 4 is 21.4 Å². The van der Waals surface area contributed by atoms with Crippen molar-refractivity contribution in [1.82, 2.24) is 5.32 Å². The van der Waals surface area contributed by atoms with Crippen molar-refractivity contribution in [3.05, 3.63) is 29.8 Å². The van der Waals surface area contributed by atoms with Gasteiger partial charge < -0.3 is 10.6 Å². The van der Waals surface area contributed by atoms with E-state index in [0.29, 0.717) is 12.2 Å². The maximum absolute atomic E-state index is 12.6. The van der Waals surface area contributed by atoms with Gasteiger partial charge in [-0.25, -0.2) is 8.42 Å². The zero-order valence-electron chi connectivity index (χ0n) is 14.5. The molecule has 0 saturated heterocycles. The molecule has 5 nitrogen and oxygen atoms in total. The van der Waals surface area contributed by atoms with Gasteiger partial charge in [0.05, 0.1) is 11.0 Å². The molecule has 1 atom stereocenters. The Hall–Kier alpha value is -1.40. The van der Waals surface area contributed by atoms with Gasteiger partial charge in [0.2, 0.25) is 5.91 Å². The van der Waals surface area contributed by atoms with Crippen molar-refractivity contribution in [2.24, 2.45) is 5.92 Å². The van der Waals surface area contributed by atoms with Gasteiger partial charge in [0.25, 0.3) is 0 Å². The lowest BCUT2D eigenvalue weighted by Crippen LogP contribution is -2.28. The first-order chi connectivity index (χ1) is 11.4. The van der Waals surface area contributed by atoms with Crippen LogP contribution in [0.5, 0.6) is 0 Å². The van der Waals surface area contributed by atoms with Gasteiger partial charge in [-0.05, 0) is 37.6 Å². The molecule has 0 spiro atoms. The average molecular weight is 353 g/mol. The molecular weight excluding hydrogens is 324 g/mol. The first kappa shape index (κ1) is 18.9. The summed E-state index contributed by atoms with van der Waals surface area (Å²) >= 11 is 0. The molecule has 1 amide bonds. The van der Waals surface area contributed by atoms with Crippen LogP contribution < -0.4 is 10.6 Å². The molecule has 0 aliphatic heterocycles. The number of sulfone groups is 1. The van der Waals surface area contributed by atoms with E-state index in [4.69, 9.17) is 0 Å². The quantitative estimate of drug-likeness (QED) is 0.791. The Morgan fingerprint density at radius 2 is 1.96 bits per heavy atom. The number of hydrogen-bond acceptors (Lipinski definition) is 4. The van der Waals surface area contributed by atoms with Crippen molar-refractivity contribution in [1.29, 1.82) is 0 Å². The highest BCUT2D eigenvalue weighted by molar-refractivity contribution is 7.91. The molecule has 0 radical (unpaired) electrons. The predicted octanol–water partition coefficient (Wildman–Crippen LogP) is 2.73. The van der Waals surface area contributed by atoms with E-state index in [-0.39, 0.29) is 22.8 Å². The molecule has 2 N–H and O–H groups in total. The van der Waals surface area contributed by atoms with Gasteiger partial charge in [-0.1, -0.05) is 38.3 Å². The number of carbonyl (C=O) groups excluding carboxylic acids is 1. The van der Waals surface area contributed by atoms with E-state index < -0.39 is 9.84 Å². The molecule has 1 aromatic carbocycles.